The number of benzene rings is 1. The number of Topliss-reactive ketones (excluding diaryl/α,β-unsaturated/α-hetero) is 1. The number of pyridine rings is 1. The number of anilines is 1. The minimum Gasteiger partial charge on any atom is -0.339 e. The van der Waals surface area contributed by atoms with Crippen LogP contribution in [0.1, 0.15) is 47.4 Å². The number of nitrogens with zero attached hydrogens (tertiary/aromatic N) is 2. The predicted octanol–water partition coefficient (Wildman–Crippen LogP) is 3.64. The molecule has 1 fully saturated rings. The molecule has 0 spiro atoms. The third-order valence-corrected chi connectivity index (χ3v) is 5.58. The molecule has 2 aromatic rings. The number of amides is 2. The molecule has 1 atom stereocenters. The Bertz CT molecular complexity index is 859. The van der Waals surface area contributed by atoms with Crippen LogP contribution in [0.3, 0.4) is 0 Å². The SMILES string of the molecule is CC(=O)Nc1ccc(C(=O)[C@H](C)Sc2ccc(C(=O)N3CCCC3)cn2)cc1. The van der Waals surface area contributed by atoms with Gasteiger partial charge >= 0.3 is 0 Å². The van der Waals surface area contributed by atoms with E-state index in [1.165, 1.54) is 18.7 Å². The van der Waals surface area contributed by atoms with Crippen LogP contribution in [-0.2, 0) is 4.79 Å². The highest BCUT2D eigenvalue weighted by Crippen LogP contribution is 2.25. The van der Waals surface area contributed by atoms with E-state index < -0.39 is 0 Å². The Kier molecular flexibility index (Phi) is 6.46. The van der Waals surface area contributed by atoms with Crippen molar-refractivity contribution in [2.45, 2.75) is 37.0 Å². The molecule has 0 saturated carbocycles. The number of hydrogen-bond acceptors (Lipinski definition) is 5. The van der Waals surface area contributed by atoms with E-state index in [4.69, 9.17) is 0 Å². The molecule has 0 radical (unpaired) electrons. The summed E-state index contributed by atoms with van der Waals surface area (Å²) in [5.74, 6) is -0.149. The zero-order valence-electron chi connectivity index (χ0n) is 16.0. The predicted molar refractivity (Wildman–Crippen MR) is 110 cm³/mol. The van der Waals surface area contributed by atoms with Gasteiger partial charge in [-0.3, -0.25) is 14.4 Å². The molecule has 1 saturated heterocycles. The third-order valence-electron chi connectivity index (χ3n) is 4.53. The number of likely N-dealkylation sites (tertiary alicyclic amines) is 1. The zero-order valence-corrected chi connectivity index (χ0v) is 16.8. The van der Waals surface area contributed by atoms with Gasteiger partial charge in [-0.2, -0.15) is 0 Å². The molecule has 0 bridgehead atoms. The topological polar surface area (TPSA) is 79.4 Å². The van der Waals surface area contributed by atoms with Gasteiger partial charge in [-0.1, -0.05) is 11.8 Å². The summed E-state index contributed by atoms with van der Waals surface area (Å²) in [6.45, 7) is 4.89. The lowest BCUT2D eigenvalue weighted by molar-refractivity contribution is -0.114. The molecular formula is C21H23N3O3S. The van der Waals surface area contributed by atoms with Crippen molar-refractivity contribution in [1.29, 1.82) is 0 Å². The van der Waals surface area contributed by atoms with E-state index in [1.807, 2.05) is 11.8 Å². The first-order valence-electron chi connectivity index (χ1n) is 9.28. The molecule has 1 aliphatic rings. The van der Waals surface area contributed by atoms with E-state index in [2.05, 4.69) is 10.3 Å². The average Bonchev–Trinajstić information content (AvgIpc) is 3.22. The molecule has 1 aromatic carbocycles. The molecule has 0 unspecified atom stereocenters. The lowest BCUT2D eigenvalue weighted by Gasteiger charge is -2.15. The Balaban J connectivity index is 1.60. The van der Waals surface area contributed by atoms with Gasteiger partial charge in [0.1, 0.15) is 0 Å². The fourth-order valence-electron chi connectivity index (χ4n) is 3.07. The summed E-state index contributed by atoms with van der Waals surface area (Å²) in [5, 5.41) is 3.06. The summed E-state index contributed by atoms with van der Waals surface area (Å²) in [6.07, 6.45) is 3.69. The number of ketones is 1. The molecule has 3 rings (SSSR count). The van der Waals surface area contributed by atoms with Crippen molar-refractivity contribution in [3.05, 3.63) is 53.7 Å². The van der Waals surface area contributed by atoms with Gasteiger partial charge in [0.05, 0.1) is 15.8 Å². The van der Waals surface area contributed by atoms with Crippen molar-refractivity contribution >= 4 is 35.0 Å². The summed E-state index contributed by atoms with van der Waals surface area (Å²) in [7, 11) is 0. The highest BCUT2D eigenvalue weighted by Gasteiger charge is 2.21. The summed E-state index contributed by atoms with van der Waals surface area (Å²) in [5.41, 5.74) is 1.82. The summed E-state index contributed by atoms with van der Waals surface area (Å²) < 4.78 is 0. The molecular weight excluding hydrogens is 374 g/mol. The standard InChI is InChI=1S/C21H23N3O3S/c1-14(20(26)16-5-8-18(9-6-16)23-15(2)25)28-19-10-7-17(13-22-19)21(27)24-11-3-4-12-24/h5-10,13-14H,3-4,11-12H2,1-2H3,(H,23,25)/t14-/m0/s1. The monoisotopic (exact) mass is 397 g/mol. The van der Waals surface area contributed by atoms with Crippen LogP contribution in [0.2, 0.25) is 0 Å². The van der Waals surface area contributed by atoms with Crippen molar-refractivity contribution in [2.24, 2.45) is 0 Å². The van der Waals surface area contributed by atoms with Gasteiger partial charge in [-0.05, 0) is 56.2 Å². The number of carbonyl (C=O) groups is 3. The fraction of sp³-hybridized carbons (Fsp3) is 0.333. The Hall–Kier alpha value is -2.67. The van der Waals surface area contributed by atoms with Crippen molar-refractivity contribution in [3.8, 4) is 0 Å². The van der Waals surface area contributed by atoms with Gasteiger partial charge in [0.2, 0.25) is 5.91 Å². The lowest BCUT2D eigenvalue weighted by atomic mass is 10.1. The van der Waals surface area contributed by atoms with Crippen molar-refractivity contribution < 1.29 is 14.4 Å². The normalized spacial score (nSPS) is 14.6. The number of hydrogen-bond donors (Lipinski definition) is 1. The first kappa shape index (κ1) is 20.1. The number of nitrogens with one attached hydrogen (secondary N) is 1. The Morgan fingerprint density at radius 3 is 2.25 bits per heavy atom. The van der Waals surface area contributed by atoms with Crippen LogP contribution in [0.25, 0.3) is 0 Å². The molecule has 28 heavy (non-hydrogen) atoms. The Morgan fingerprint density at radius 2 is 1.68 bits per heavy atom. The number of rotatable bonds is 6. The van der Waals surface area contributed by atoms with Crippen LogP contribution in [0.4, 0.5) is 5.69 Å². The fourth-order valence-corrected chi connectivity index (χ4v) is 3.94. The number of carbonyl (C=O) groups excluding carboxylic acids is 3. The smallest absolute Gasteiger partial charge is 0.255 e. The maximum absolute atomic E-state index is 12.6. The largest absolute Gasteiger partial charge is 0.339 e. The van der Waals surface area contributed by atoms with Gasteiger partial charge in [-0.15, -0.1) is 0 Å². The maximum atomic E-state index is 12.6. The zero-order chi connectivity index (χ0) is 20.1. The molecule has 1 aromatic heterocycles. The Labute approximate surface area is 168 Å². The molecule has 1 aliphatic heterocycles. The van der Waals surface area contributed by atoms with Gasteiger partial charge in [0.15, 0.2) is 5.78 Å². The van der Waals surface area contributed by atoms with E-state index in [0.29, 0.717) is 21.8 Å². The van der Waals surface area contributed by atoms with Crippen LogP contribution >= 0.6 is 11.8 Å². The highest BCUT2D eigenvalue weighted by atomic mass is 32.2. The van der Waals surface area contributed by atoms with Crippen molar-refractivity contribution in [2.75, 3.05) is 18.4 Å². The average molecular weight is 398 g/mol. The molecule has 2 amide bonds. The third kappa shape index (κ3) is 4.98. The summed E-state index contributed by atoms with van der Waals surface area (Å²) >= 11 is 1.36. The second-order valence-electron chi connectivity index (χ2n) is 6.77. The lowest BCUT2D eigenvalue weighted by Crippen LogP contribution is -2.27. The molecule has 146 valence electrons. The van der Waals surface area contributed by atoms with Crippen LogP contribution in [0.5, 0.6) is 0 Å². The minimum atomic E-state index is -0.320. The van der Waals surface area contributed by atoms with Gasteiger partial charge < -0.3 is 10.2 Å². The molecule has 7 heteroatoms. The highest BCUT2D eigenvalue weighted by molar-refractivity contribution is 8.00. The quantitative estimate of drug-likeness (QED) is 0.595. The van der Waals surface area contributed by atoms with Crippen LogP contribution in [0.15, 0.2) is 47.6 Å². The molecule has 0 aliphatic carbocycles. The van der Waals surface area contributed by atoms with Crippen LogP contribution in [0, 0.1) is 0 Å². The molecule has 2 heterocycles. The second kappa shape index (κ2) is 9.01. The van der Waals surface area contributed by atoms with Crippen LogP contribution < -0.4 is 5.32 Å². The molecule has 6 nitrogen and oxygen atoms in total. The van der Waals surface area contributed by atoms with E-state index in [1.54, 1.807) is 42.6 Å². The van der Waals surface area contributed by atoms with Gasteiger partial charge in [0.25, 0.3) is 5.91 Å². The van der Waals surface area contributed by atoms with E-state index >= 15 is 0 Å². The summed E-state index contributed by atoms with van der Waals surface area (Å²) in [4.78, 5) is 42.3. The number of aromatic nitrogens is 1. The number of thioether (sulfide) groups is 1. The molecule has 1 N–H and O–H groups in total. The first-order valence-corrected chi connectivity index (χ1v) is 10.2. The van der Waals surface area contributed by atoms with E-state index in [-0.39, 0.29) is 22.8 Å². The van der Waals surface area contributed by atoms with Crippen LogP contribution in [-0.4, -0.2) is 45.8 Å². The maximum Gasteiger partial charge on any atom is 0.255 e. The van der Waals surface area contributed by atoms with Crippen molar-refractivity contribution in [3.63, 3.8) is 0 Å². The van der Waals surface area contributed by atoms with Crippen molar-refractivity contribution in [1.82, 2.24) is 9.88 Å². The minimum absolute atomic E-state index is 0.0154. The first-order chi connectivity index (χ1) is 13.4. The Morgan fingerprint density at radius 1 is 1.04 bits per heavy atom. The van der Waals surface area contributed by atoms with Gasteiger partial charge in [-0.25, -0.2) is 4.98 Å². The van der Waals surface area contributed by atoms with E-state index in [9.17, 15) is 14.4 Å². The summed E-state index contributed by atoms with van der Waals surface area (Å²) in [6, 6.07) is 10.4. The van der Waals surface area contributed by atoms with Gasteiger partial charge in [0, 0.05) is 37.5 Å². The van der Waals surface area contributed by atoms with E-state index in [0.717, 1.165) is 25.9 Å². The second-order valence-corrected chi connectivity index (χ2v) is 8.13.